The van der Waals surface area contributed by atoms with Gasteiger partial charge in [-0.3, -0.25) is 19.2 Å². The Bertz CT molecular complexity index is 1600. The van der Waals surface area contributed by atoms with E-state index in [1.807, 2.05) is 62.0 Å². The number of amides is 4. The molecule has 2 fully saturated rings. The molecule has 3 aromatic rings. The number of hydrogen-bond donors (Lipinski definition) is 2. The summed E-state index contributed by atoms with van der Waals surface area (Å²) in [6.45, 7) is 5.22. The lowest BCUT2D eigenvalue weighted by molar-refractivity contribution is -0.133. The topological polar surface area (TPSA) is 122 Å². The minimum atomic E-state index is -0.719. The highest BCUT2D eigenvalue weighted by Crippen LogP contribution is 2.38. The van der Waals surface area contributed by atoms with Crippen LogP contribution in [0.2, 0.25) is 0 Å². The Hall–Kier alpha value is -4.80. The predicted molar refractivity (Wildman–Crippen MR) is 182 cm³/mol. The van der Waals surface area contributed by atoms with E-state index < -0.39 is 12.0 Å². The summed E-state index contributed by atoms with van der Waals surface area (Å²) in [5.74, 6) is -0.765. The van der Waals surface area contributed by atoms with Crippen LogP contribution >= 0.6 is 0 Å². The number of aromatic nitrogens is 1. The molecule has 0 bridgehead atoms. The standard InChI is InChI=1S/C37H47N5O6/c1-24(2)48-32-15-14-26(18-33(32)47-5)36(45)41-20-28-21-42(37(46)27-16-17-40(4)19-27)23-30(29(28)22-41)34(43)39-31(35(44)38-3)13-9-12-25-10-7-6-8-11-25/h6-8,10-11,14-19,24,28-31H,9,12-13,20-23H2,1-5H3,(H,38,44)(H,39,43)/t28?,29?,30?,31-/m0/s1. The van der Waals surface area contributed by atoms with Crippen molar-refractivity contribution in [1.29, 1.82) is 0 Å². The number of carbonyl (C=O) groups is 4. The zero-order valence-corrected chi connectivity index (χ0v) is 28.5. The fourth-order valence-electron chi connectivity index (χ4n) is 6.91. The largest absolute Gasteiger partial charge is 0.493 e. The average Bonchev–Trinajstić information content (AvgIpc) is 3.73. The lowest BCUT2D eigenvalue weighted by Crippen LogP contribution is -2.56. The number of carbonyl (C=O) groups excluding carboxylic acids is 4. The molecular weight excluding hydrogens is 610 g/mol. The van der Waals surface area contributed by atoms with E-state index in [2.05, 4.69) is 10.6 Å². The lowest BCUT2D eigenvalue weighted by atomic mass is 9.79. The molecule has 1 aromatic heterocycles. The molecule has 11 nitrogen and oxygen atoms in total. The van der Waals surface area contributed by atoms with E-state index in [1.54, 1.807) is 47.3 Å². The normalized spacial score (nSPS) is 19.4. The van der Waals surface area contributed by atoms with Crippen LogP contribution < -0.4 is 20.1 Å². The van der Waals surface area contributed by atoms with Crippen LogP contribution in [0.3, 0.4) is 0 Å². The van der Waals surface area contributed by atoms with E-state index in [-0.39, 0.29) is 48.1 Å². The molecule has 4 atom stereocenters. The maximum atomic E-state index is 14.1. The van der Waals surface area contributed by atoms with Gasteiger partial charge in [-0.1, -0.05) is 30.3 Å². The summed E-state index contributed by atoms with van der Waals surface area (Å²) >= 11 is 0. The van der Waals surface area contributed by atoms with Gasteiger partial charge in [0.25, 0.3) is 11.8 Å². The number of piperidine rings is 1. The second-order valence-corrected chi connectivity index (χ2v) is 13.1. The Morgan fingerprint density at radius 1 is 0.896 bits per heavy atom. The first-order valence-electron chi connectivity index (χ1n) is 16.7. The van der Waals surface area contributed by atoms with Crippen molar-refractivity contribution in [1.82, 2.24) is 25.0 Å². The summed E-state index contributed by atoms with van der Waals surface area (Å²) in [6, 6.07) is 16.2. The van der Waals surface area contributed by atoms with Crippen LogP contribution in [-0.2, 0) is 23.1 Å². The summed E-state index contributed by atoms with van der Waals surface area (Å²) in [7, 11) is 4.95. The highest BCUT2D eigenvalue weighted by molar-refractivity contribution is 5.96. The number of likely N-dealkylation sites (N-methyl/N-ethyl adjacent to an activating group) is 1. The van der Waals surface area contributed by atoms with E-state index in [0.29, 0.717) is 55.1 Å². The average molecular weight is 658 g/mol. The molecule has 11 heteroatoms. The second kappa shape index (κ2) is 15.4. The van der Waals surface area contributed by atoms with Crippen LogP contribution in [0.5, 0.6) is 11.5 Å². The highest BCUT2D eigenvalue weighted by Gasteiger charge is 2.48. The molecule has 0 aliphatic carbocycles. The van der Waals surface area contributed by atoms with E-state index in [0.717, 1.165) is 6.42 Å². The number of likely N-dealkylation sites (tertiary alicyclic amines) is 2. The van der Waals surface area contributed by atoms with Crippen LogP contribution in [0.25, 0.3) is 0 Å². The molecule has 0 saturated carbocycles. The third-order valence-corrected chi connectivity index (χ3v) is 9.32. The summed E-state index contributed by atoms with van der Waals surface area (Å²) in [4.78, 5) is 58.0. The number of ether oxygens (including phenoxy) is 2. The molecule has 0 radical (unpaired) electrons. The molecule has 5 rings (SSSR count). The van der Waals surface area contributed by atoms with Crippen molar-refractivity contribution in [2.45, 2.75) is 45.3 Å². The molecule has 3 unspecified atom stereocenters. The van der Waals surface area contributed by atoms with Crippen molar-refractivity contribution in [2.75, 3.05) is 40.3 Å². The smallest absolute Gasteiger partial charge is 0.255 e. The fourth-order valence-corrected chi connectivity index (χ4v) is 6.91. The first kappa shape index (κ1) is 34.5. The Morgan fingerprint density at radius 2 is 1.60 bits per heavy atom. The number of fused-ring (bicyclic) bond motifs is 1. The molecular formula is C37H47N5O6. The molecule has 4 amide bonds. The van der Waals surface area contributed by atoms with Crippen LogP contribution in [0.15, 0.2) is 67.0 Å². The number of hydrogen-bond acceptors (Lipinski definition) is 6. The van der Waals surface area contributed by atoms with Gasteiger partial charge in [-0.05, 0) is 74.8 Å². The Balaban J connectivity index is 1.35. The maximum Gasteiger partial charge on any atom is 0.255 e. The lowest BCUT2D eigenvalue weighted by Gasteiger charge is -2.39. The van der Waals surface area contributed by atoms with Crippen LogP contribution in [0.4, 0.5) is 0 Å². The van der Waals surface area contributed by atoms with Crippen LogP contribution in [0.1, 0.15) is 53.0 Å². The third-order valence-electron chi connectivity index (χ3n) is 9.32. The van der Waals surface area contributed by atoms with Gasteiger partial charge in [0.2, 0.25) is 11.8 Å². The molecule has 2 aliphatic heterocycles. The SMILES string of the molecule is CNC(=O)[C@H](CCCc1ccccc1)NC(=O)C1CN(C(=O)c2ccn(C)c2)CC2CN(C(=O)c3ccc(OC(C)C)c(OC)c3)CC21. The summed E-state index contributed by atoms with van der Waals surface area (Å²) in [5.41, 5.74) is 2.17. The predicted octanol–water partition coefficient (Wildman–Crippen LogP) is 3.54. The zero-order chi connectivity index (χ0) is 34.4. The fraction of sp³-hybridized carbons (Fsp3) is 0.459. The Kier molecular flexibility index (Phi) is 11.1. The Morgan fingerprint density at radius 3 is 2.25 bits per heavy atom. The van der Waals surface area contributed by atoms with E-state index in [9.17, 15) is 19.2 Å². The van der Waals surface area contributed by atoms with E-state index >= 15 is 0 Å². The van der Waals surface area contributed by atoms with Gasteiger partial charge in [-0.2, -0.15) is 0 Å². The van der Waals surface area contributed by atoms with Crippen molar-refractivity contribution < 1.29 is 28.7 Å². The van der Waals surface area contributed by atoms with Gasteiger partial charge in [0, 0.05) is 58.2 Å². The molecule has 2 saturated heterocycles. The quantitative estimate of drug-likeness (QED) is 0.308. The second-order valence-electron chi connectivity index (χ2n) is 13.1. The number of nitrogens with one attached hydrogen (secondary N) is 2. The molecule has 256 valence electrons. The monoisotopic (exact) mass is 657 g/mol. The van der Waals surface area contributed by atoms with Crippen molar-refractivity contribution in [3.8, 4) is 11.5 Å². The van der Waals surface area contributed by atoms with Crippen molar-refractivity contribution in [3.63, 3.8) is 0 Å². The first-order valence-corrected chi connectivity index (χ1v) is 16.7. The van der Waals surface area contributed by atoms with Crippen molar-refractivity contribution in [3.05, 3.63) is 83.7 Å². The van der Waals surface area contributed by atoms with Gasteiger partial charge in [0.05, 0.1) is 24.7 Å². The van der Waals surface area contributed by atoms with Gasteiger partial charge in [0.15, 0.2) is 11.5 Å². The molecule has 2 aliphatic rings. The van der Waals surface area contributed by atoms with E-state index in [1.165, 1.54) is 12.7 Å². The molecule has 2 aromatic carbocycles. The molecule has 48 heavy (non-hydrogen) atoms. The minimum absolute atomic E-state index is 0.0568. The number of benzene rings is 2. The van der Waals surface area contributed by atoms with Crippen LogP contribution in [0, 0.1) is 17.8 Å². The van der Waals surface area contributed by atoms with Gasteiger partial charge < -0.3 is 34.5 Å². The van der Waals surface area contributed by atoms with Gasteiger partial charge in [-0.15, -0.1) is 0 Å². The summed E-state index contributed by atoms with van der Waals surface area (Å²) < 4.78 is 13.2. The molecule has 0 spiro atoms. The van der Waals surface area contributed by atoms with Crippen molar-refractivity contribution in [2.24, 2.45) is 24.8 Å². The van der Waals surface area contributed by atoms with Crippen LogP contribution in [-0.4, -0.2) is 90.5 Å². The first-order chi connectivity index (χ1) is 23.1. The number of nitrogens with zero attached hydrogens (tertiary/aromatic N) is 3. The number of aryl methyl sites for hydroxylation is 2. The molecule has 2 N–H and O–H groups in total. The van der Waals surface area contributed by atoms with Gasteiger partial charge in [0.1, 0.15) is 6.04 Å². The van der Waals surface area contributed by atoms with Crippen molar-refractivity contribution >= 4 is 23.6 Å². The third kappa shape index (κ3) is 8.00. The minimum Gasteiger partial charge on any atom is -0.493 e. The Labute approximate surface area is 282 Å². The number of rotatable bonds is 12. The maximum absolute atomic E-state index is 14.1. The number of methoxy groups -OCH3 is 1. The van der Waals surface area contributed by atoms with E-state index in [4.69, 9.17) is 9.47 Å². The van der Waals surface area contributed by atoms with Gasteiger partial charge in [-0.25, -0.2) is 0 Å². The van der Waals surface area contributed by atoms with Gasteiger partial charge >= 0.3 is 0 Å². The zero-order valence-electron chi connectivity index (χ0n) is 28.5. The summed E-state index contributed by atoms with van der Waals surface area (Å²) in [5, 5.41) is 5.72. The highest BCUT2D eigenvalue weighted by atomic mass is 16.5. The summed E-state index contributed by atoms with van der Waals surface area (Å²) in [6.07, 6.45) is 5.49. The molecule has 3 heterocycles.